The van der Waals surface area contributed by atoms with Crippen molar-refractivity contribution in [1.82, 2.24) is 19.7 Å². The van der Waals surface area contributed by atoms with Crippen LogP contribution in [0.5, 0.6) is 0 Å². The fourth-order valence-electron chi connectivity index (χ4n) is 3.50. The van der Waals surface area contributed by atoms with Gasteiger partial charge in [-0.1, -0.05) is 12.1 Å². The van der Waals surface area contributed by atoms with Gasteiger partial charge in [0.25, 0.3) is 5.95 Å². The van der Waals surface area contributed by atoms with E-state index in [1.165, 1.54) is 4.90 Å². The van der Waals surface area contributed by atoms with E-state index in [1.807, 2.05) is 33.8 Å². The first-order valence-electron chi connectivity index (χ1n) is 9.40. The second-order valence-corrected chi connectivity index (χ2v) is 9.46. The Bertz CT molecular complexity index is 1060. The smallest absolute Gasteiger partial charge is 0.252 e. The molecule has 0 fully saturated rings. The maximum Gasteiger partial charge on any atom is 0.252 e. The van der Waals surface area contributed by atoms with Crippen molar-refractivity contribution < 1.29 is 4.79 Å². The molecule has 1 N–H and O–H groups in total. The van der Waals surface area contributed by atoms with Gasteiger partial charge in [-0.25, -0.2) is 9.97 Å². The van der Waals surface area contributed by atoms with Crippen molar-refractivity contribution in [3.8, 4) is 5.95 Å². The van der Waals surface area contributed by atoms with E-state index in [0.717, 1.165) is 28.2 Å². The van der Waals surface area contributed by atoms with Crippen LogP contribution in [0.4, 0.5) is 5.82 Å². The highest BCUT2D eigenvalue weighted by Gasteiger charge is 2.34. The third-order valence-corrected chi connectivity index (χ3v) is 7.04. The van der Waals surface area contributed by atoms with E-state index in [2.05, 4.69) is 45.8 Å². The van der Waals surface area contributed by atoms with Gasteiger partial charge < -0.3 is 5.32 Å². The monoisotopic (exact) mass is 425 g/mol. The van der Waals surface area contributed by atoms with Crippen LogP contribution in [-0.4, -0.2) is 37.2 Å². The van der Waals surface area contributed by atoms with Gasteiger partial charge >= 0.3 is 0 Å². The Morgan fingerprint density at radius 1 is 1.10 bits per heavy atom. The standard InChI is InChI=1S/C21H23N5OS2/c1-11-10-12(2)23-21(22-11)26-19-17(13(3)25-26)18(29-14(4)20(27)24-19)15-6-8-16(28-5)9-7-15/h6-10,14,18H,1-5H3,(H,24,27). The maximum atomic E-state index is 12.8. The molecular weight excluding hydrogens is 402 g/mol. The number of hydrogen-bond acceptors (Lipinski definition) is 6. The molecule has 1 amide bonds. The lowest BCUT2D eigenvalue weighted by Gasteiger charge is -2.17. The molecule has 3 heterocycles. The van der Waals surface area contributed by atoms with Crippen molar-refractivity contribution >= 4 is 35.2 Å². The zero-order valence-corrected chi connectivity index (χ0v) is 18.7. The van der Waals surface area contributed by atoms with Gasteiger partial charge in [-0.15, -0.1) is 23.5 Å². The normalized spacial score (nSPS) is 18.9. The first kappa shape index (κ1) is 20.0. The molecule has 0 bridgehead atoms. The highest BCUT2D eigenvalue weighted by atomic mass is 32.2. The van der Waals surface area contributed by atoms with E-state index >= 15 is 0 Å². The van der Waals surface area contributed by atoms with Gasteiger partial charge in [-0.3, -0.25) is 4.79 Å². The summed E-state index contributed by atoms with van der Waals surface area (Å²) in [5.41, 5.74) is 4.75. The molecule has 0 saturated heterocycles. The van der Waals surface area contributed by atoms with Gasteiger partial charge in [0.15, 0.2) is 0 Å². The van der Waals surface area contributed by atoms with E-state index in [1.54, 1.807) is 28.2 Å². The van der Waals surface area contributed by atoms with Crippen molar-refractivity contribution in [3.05, 3.63) is 58.5 Å². The number of carbonyl (C=O) groups is 1. The molecule has 3 aromatic rings. The molecule has 6 nitrogen and oxygen atoms in total. The molecule has 2 atom stereocenters. The Balaban J connectivity index is 1.89. The van der Waals surface area contributed by atoms with Crippen LogP contribution in [0.3, 0.4) is 0 Å². The second-order valence-electron chi connectivity index (χ2n) is 7.13. The van der Waals surface area contributed by atoms with Crippen molar-refractivity contribution in [2.24, 2.45) is 0 Å². The molecule has 4 rings (SSSR count). The largest absolute Gasteiger partial charge is 0.309 e. The molecule has 1 aromatic carbocycles. The van der Waals surface area contributed by atoms with E-state index in [-0.39, 0.29) is 16.4 Å². The molecule has 2 unspecified atom stereocenters. The van der Waals surface area contributed by atoms with E-state index < -0.39 is 0 Å². The Labute approximate surface area is 178 Å². The molecule has 29 heavy (non-hydrogen) atoms. The van der Waals surface area contributed by atoms with Gasteiger partial charge in [-0.05, 0) is 57.7 Å². The number of amides is 1. The lowest BCUT2D eigenvalue weighted by Crippen LogP contribution is -2.23. The summed E-state index contributed by atoms with van der Waals surface area (Å²) in [7, 11) is 0. The van der Waals surface area contributed by atoms with Crippen LogP contribution >= 0.6 is 23.5 Å². The number of nitrogens with zero attached hydrogens (tertiary/aromatic N) is 4. The Hall–Kier alpha value is -2.32. The molecule has 1 aliphatic heterocycles. The fraction of sp³-hybridized carbons (Fsp3) is 0.333. The van der Waals surface area contributed by atoms with Crippen molar-refractivity contribution in [2.45, 2.75) is 43.1 Å². The predicted molar refractivity (Wildman–Crippen MR) is 119 cm³/mol. The van der Waals surface area contributed by atoms with Gasteiger partial charge in [0.05, 0.1) is 16.2 Å². The quantitative estimate of drug-likeness (QED) is 0.624. The minimum Gasteiger partial charge on any atom is -0.309 e. The molecule has 0 aliphatic carbocycles. The SMILES string of the molecule is CSc1ccc(C2SC(C)C(=O)Nc3c2c(C)nn3-c2nc(C)cc(C)n2)cc1. The van der Waals surface area contributed by atoms with Gasteiger partial charge in [-0.2, -0.15) is 9.78 Å². The summed E-state index contributed by atoms with van der Waals surface area (Å²) in [6.45, 7) is 7.78. The molecule has 150 valence electrons. The number of fused-ring (bicyclic) bond motifs is 1. The molecular formula is C21H23N5OS2. The summed E-state index contributed by atoms with van der Waals surface area (Å²) in [6, 6.07) is 10.4. The molecule has 0 radical (unpaired) electrons. The molecule has 0 saturated carbocycles. The van der Waals surface area contributed by atoms with Crippen LogP contribution in [0.2, 0.25) is 0 Å². The molecule has 1 aliphatic rings. The first-order valence-corrected chi connectivity index (χ1v) is 11.6. The van der Waals surface area contributed by atoms with Crippen LogP contribution in [0.25, 0.3) is 5.95 Å². The van der Waals surface area contributed by atoms with Crippen molar-refractivity contribution in [1.29, 1.82) is 0 Å². The Morgan fingerprint density at radius 2 is 1.76 bits per heavy atom. The summed E-state index contributed by atoms with van der Waals surface area (Å²) in [5.74, 6) is 1.10. The highest BCUT2D eigenvalue weighted by Crippen LogP contribution is 2.46. The van der Waals surface area contributed by atoms with Gasteiger partial charge in [0.1, 0.15) is 5.82 Å². The highest BCUT2D eigenvalue weighted by molar-refractivity contribution is 8.01. The Kier molecular flexibility index (Phi) is 5.40. The van der Waals surface area contributed by atoms with E-state index in [9.17, 15) is 4.79 Å². The number of aromatic nitrogens is 4. The number of hydrogen-bond donors (Lipinski definition) is 1. The Morgan fingerprint density at radius 3 is 2.38 bits per heavy atom. The molecule has 8 heteroatoms. The fourth-order valence-corrected chi connectivity index (χ4v) is 5.23. The van der Waals surface area contributed by atoms with Crippen LogP contribution in [-0.2, 0) is 4.79 Å². The lowest BCUT2D eigenvalue weighted by atomic mass is 10.0. The van der Waals surface area contributed by atoms with Gasteiger partial charge in [0, 0.05) is 21.8 Å². The third kappa shape index (κ3) is 3.79. The van der Waals surface area contributed by atoms with Crippen LogP contribution in [0, 0.1) is 20.8 Å². The zero-order valence-electron chi connectivity index (χ0n) is 17.1. The number of benzene rings is 1. The number of anilines is 1. The predicted octanol–water partition coefficient (Wildman–Crippen LogP) is 4.47. The number of carbonyl (C=O) groups excluding carboxylic acids is 1. The molecule has 0 spiro atoms. The van der Waals surface area contributed by atoms with Crippen LogP contribution in [0.15, 0.2) is 35.2 Å². The lowest BCUT2D eigenvalue weighted by molar-refractivity contribution is -0.115. The number of rotatable bonds is 3. The summed E-state index contributed by atoms with van der Waals surface area (Å²) in [5, 5.41) is 7.59. The maximum absolute atomic E-state index is 12.8. The second kappa shape index (κ2) is 7.84. The minimum atomic E-state index is -0.194. The third-order valence-electron chi connectivity index (χ3n) is 4.90. The van der Waals surface area contributed by atoms with E-state index in [4.69, 9.17) is 5.10 Å². The van der Waals surface area contributed by atoms with Crippen LogP contribution in [0.1, 0.15) is 40.4 Å². The topological polar surface area (TPSA) is 72.7 Å². The first-order chi connectivity index (χ1) is 13.9. The van der Waals surface area contributed by atoms with Gasteiger partial charge in [0.2, 0.25) is 5.91 Å². The summed E-state index contributed by atoms with van der Waals surface area (Å²) in [4.78, 5) is 23.1. The average molecular weight is 426 g/mol. The summed E-state index contributed by atoms with van der Waals surface area (Å²) < 4.78 is 1.67. The van der Waals surface area contributed by atoms with Crippen molar-refractivity contribution in [2.75, 3.05) is 11.6 Å². The van der Waals surface area contributed by atoms with Crippen molar-refractivity contribution in [3.63, 3.8) is 0 Å². The number of nitrogens with one attached hydrogen (secondary N) is 1. The van der Waals surface area contributed by atoms with Crippen LogP contribution < -0.4 is 5.32 Å². The molecule has 2 aromatic heterocycles. The minimum absolute atomic E-state index is 0.00508. The summed E-state index contributed by atoms with van der Waals surface area (Å²) in [6.07, 6.45) is 2.07. The zero-order chi connectivity index (χ0) is 20.7. The van der Waals surface area contributed by atoms with E-state index in [0.29, 0.717) is 11.8 Å². The number of thioether (sulfide) groups is 2. The average Bonchev–Trinajstić information content (AvgIpc) is 2.94. The number of aryl methyl sites for hydroxylation is 3. The summed E-state index contributed by atoms with van der Waals surface area (Å²) >= 11 is 3.36.